The van der Waals surface area contributed by atoms with Crippen molar-refractivity contribution in [3.05, 3.63) is 72.2 Å². The smallest absolute Gasteiger partial charge is 0.332 e. The van der Waals surface area contributed by atoms with Gasteiger partial charge in [-0.05, 0) is 60.7 Å². The highest BCUT2D eigenvalue weighted by molar-refractivity contribution is 6.22. The van der Waals surface area contributed by atoms with Crippen LogP contribution in [0, 0.1) is 0 Å². The Kier molecular flexibility index (Phi) is 5.28. The number of hydrogen-bond acceptors (Lipinski definition) is 4. The number of carbonyl (C=O) groups excluding carboxylic acids is 2. The van der Waals surface area contributed by atoms with Crippen molar-refractivity contribution in [3.8, 4) is 0 Å². The molecule has 0 radical (unpaired) electrons. The number of rotatable bonds is 5. The minimum Gasteiger partial charge on any atom is -0.366 e. The highest BCUT2D eigenvalue weighted by Crippen LogP contribution is 2.34. The molecule has 1 aliphatic rings. The third-order valence-corrected chi connectivity index (χ3v) is 5.85. The number of aromatic amines is 1. The first-order valence-electron chi connectivity index (χ1n) is 10.7. The zero-order valence-electron chi connectivity index (χ0n) is 19.1. The van der Waals surface area contributed by atoms with Crippen molar-refractivity contribution in [3.63, 3.8) is 0 Å². The summed E-state index contributed by atoms with van der Waals surface area (Å²) in [5.41, 5.74) is 2.56. The average molecular weight is 432 g/mol. The van der Waals surface area contributed by atoms with Crippen LogP contribution in [-0.4, -0.2) is 32.3 Å². The zero-order valence-corrected chi connectivity index (χ0v) is 19.1. The summed E-state index contributed by atoms with van der Waals surface area (Å²) in [4.78, 5) is 36.8. The lowest BCUT2D eigenvalue weighted by atomic mass is 9.87. The molecule has 3 heterocycles. The molecule has 3 aromatic rings. The van der Waals surface area contributed by atoms with Gasteiger partial charge in [0.2, 0.25) is 0 Å². The van der Waals surface area contributed by atoms with Gasteiger partial charge < -0.3 is 15.2 Å². The Bertz CT molecular complexity index is 1130. The fraction of sp³-hybridized carbons (Fsp3) is 0.320. The van der Waals surface area contributed by atoms with Crippen LogP contribution >= 0.6 is 0 Å². The van der Waals surface area contributed by atoms with Gasteiger partial charge in [0, 0.05) is 25.1 Å². The van der Waals surface area contributed by atoms with Crippen LogP contribution in [0.25, 0.3) is 0 Å². The highest BCUT2D eigenvalue weighted by atomic mass is 16.2. The van der Waals surface area contributed by atoms with E-state index in [1.165, 1.54) is 4.90 Å². The molecule has 0 spiro atoms. The second-order valence-electron chi connectivity index (χ2n) is 9.64. The maximum Gasteiger partial charge on any atom is 0.332 e. The first-order chi connectivity index (χ1) is 15.1. The van der Waals surface area contributed by atoms with Crippen LogP contribution in [0.2, 0.25) is 0 Å². The number of H-pyrrole nitrogens is 1. The summed E-state index contributed by atoms with van der Waals surface area (Å²) < 4.78 is 0. The molecule has 2 aromatic heterocycles. The van der Waals surface area contributed by atoms with Crippen LogP contribution in [0.15, 0.2) is 61.1 Å². The lowest BCUT2D eigenvalue weighted by Gasteiger charge is -2.27. The number of anilines is 3. The molecule has 166 valence electrons. The maximum atomic E-state index is 13.4. The van der Waals surface area contributed by atoms with E-state index in [2.05, 4.69) is 36.1 Å². The number of imide groups is 1. The van der Waals surface area contributed by atoms with Crippen molar-refractivity contribution in [2.24, 2.45) is 0 Å². The molecule has 1 aromatic carbocycles. The number of nitrogens with one attached hydrogen (secondary N) is 2. The van der Waals surface area contributed by atoms with Crippen molar-refractivity contribution >= 4 is 29.1 Å². The van der Waals surface area contributed by atoms with Crippen LogP contribution in [0.4, 0.5) is 22.0 Å². The van der Waals surface area contributed by atoms with E-state index in [4.69, 9.17) is 0 Å². The first-order valence-corrected chi connectivity index (χ1v) is 10.7. The van der Waals surface area contributed by atoms with E-state index < -0.39 is 5.54 Å². The second kappa shape index (κ2) is 7.82. The normalized spacial score (nSPS) is 16.0. The monoisotopic (exact) mass is 431 g/mol. The van der Waals surface area contributed by atoms with Crippen LogP contribution in [0.3, 0.4) is 0 Å². The number of carbonyl (C=O) groups is 2. The largest absolute Gasteiger partial charge is 0.366 e. The van der Waals surface area contributed by atoms with E-state index in [1.807, 2.05) is 54.9 Å². The molecule has 2 N–H and O–H groups in total. The average Bonchev–Trinajstić information content (AvgIpc) is 3.29. The quantitative estimate of drug-likeness (QED) is 0.544. The zero-order chi connectivity index (χ0) is 23.1. The molecule has 0 bridgehead atoms. The van der Waals surface area contributed by atoms with E-state index in [9.17, 15) is 9.59 Å². The summed E-state index contributed by atoms with van der Waals surface area (Å²) in [7, 11) is 0. The number of aromatic nitrogens is 2. The number of nitrogens with zero attached hydrogens (tertiary/aromatic N) is 3. The summed E-state index contributed by atoms with van der Waals surface area (Å²) in [6.45, 7) is 10.3. The molecule has 0 aliphatic carbocycles. The van der Waals surface area contributed by atoms with Crippen LogP contribution < -0.4 is 10.2 Å². The summed E-state index contributed by atoms with van der Waals surface area (Å²) >= 11 is 0. The summed E-state index contributed by atoms with van der Waals surface area (Å²) in [5, 5.41) is 3.22. The van der Waals surface area contributed by atoms with E-state index >= 15 is 0 Å². The van der Waals surface area contributed by atoms with E-state index in [-0.39, 0.29) is 17.4 Å². The van der Waals surface area contributed by atoms with Crippen molar-refractivity contribution in [1.82, 2.24) is 14.9 Å². The number of pyridine rings is 1. The Balaban J connectivity index is 1.57. The number of hydrogen-bond donors (Lipinski definition) is 2. The van der Waals surface area contributed by atoms with Crippen molar-refractivity contribution in [2.75, 3.05) is 10.2 Å². The van der Waals surface area contributed by atoms with Gasteiger partial charge in [0.15, 0.2) is 0 Å². The topological polar surface area (TPSA) is 81.3 Å². The van der Waals surface area contributed by atoms with Crippen LogP contribution in [0.1, 0.15) is 45.7 Å². The lowest BCUT2D eigenvalue weighted by molar-refractivity contribution is -0.123. The summed E-state index contributed by atoms with van der Waals surface area (Å²) in [6.07, 6.45) is 5.36. The Morgan fingerprint density at radius 2 is 1.78 bits per heavy atom. The second-order valence-corrected chi connectivity index (χ2v) is 9.64. The molecule has 0 saturated carbocycles. The SMILES string of the molecule is CC(C)(C)c1ccc(N2C(=O)N(Cc3ccnc(Nc4cc[nH]c4)c3)C(C)(C)C2=O)cc1. The number of benzene rings is 1. The van der Waals surface area contributed by atoms with Gasteiger partial charge in [-0.15, -0.1) is 0 Å². The van der Waals surface area contributed by atoms with Gasteiger partial charge in [-0.3, -0.25) is 4.79 Å². The van der Waals surface area contributed by atoms with Gasteiger partial charge in [0.05, 0.1) is 11.4 Å². The molecule has 7 heteroatoms. The van der Waals surface area contributed by atoms with Gasteiger partial charge in [-0.2, -0.15) is 0 Å². The highest BCUT2D eigenvalue weighted by Gasteiger charge is 2.51. The fourth-order valence-electron chi connectivity index (χ4n) is 3.81. The molecular weight excluding hydrogens is 402 g/mol. The lowest BCUT2D eigenvalue weighted by Crippen LogP contribution is -2.43. The maximum absolute atomic E-state index is 13.4. The molecule has 3 amide bonds. The van der Waals surface area contributed by atoms with Crippen LogP contribution in [0.5, 0.6) is 0 Å². The number of amides is 3. The third kappa shape index (κ3) is 3.98. The van der Waals surface area contributed by atoms with Gasteiger partial charge >= 0.3 is 6.03 Å². The van der Waals surface area contributed by atoms with Gasteiger partial charge in [0.1, 0.15) is 11.4 Å². The summed E-state index contributed by atoms with van der Waals surface area (Å²) in [6, 6.07) is 13.0. The molecule has 7 nitrogen and oxygen atoms in total. The Hall–Kier alpha value is -3.61. The summed E-state index contributed by atoms with van der Waals surface area (Å²) in [5.74, 6) is 0.443. The van der Waals surface area contributed by atoms with Crippen LogP contribution in [-0.2, 0) is 16.8 Å². The van der Waals surface area contributed by atoms with Crippen molar-refractivity contribution in [2.45, 2.75) is 52.1 Å². The van der Waals surface area contributed by atoms with E-state index in [0.29, 0.717) is 18.1 Å². The predicted octanol–water partition coefficient (Wildman–Crippen LogP) is 5.20. The molecule has 1 aliphatic heterocycles. The minimum atomic E-state index is -0.961. The molecule has 4 rings (SSSR count). The van der Waals surface area contributed by atoms with Gasteiger partial charge in [0.25, 0.3) is 5.91 Å². The van der Waals surface area contributed by atoms with Gasteiger partial charge in [-0.25, -0.2) is 14.7 Å². The van der Waals surface area contributed by atoms with E-state index in [0.717, 1.165) is 16.8 Å². The predicted molar refractivity (Wildman–Crippen MR) is 126 cm³/mol. The molecule has 0 atom stereocenters. The standard InChI is InChI=1S/C25H29N5O2/c1-24(2,3)18-6-8-20(9-7-18)30-22(31)25(4,5)29(23(30)32)16-17-10-13-27-21(14-17)28-19-11-12-26-15-19/h6-15,26H,16H2,1-5H3,(H,27,28). The van der Waals surface area contributed by atoms with Crippen molar-refractivity contribution < 1.29 is 9.59 Å². The Morgan fingerprint density at radius 3 is 2.41 bits per heavy atom. The molecule has 1 saturated heterocycles. The number of urea groups is 1. The third-order valence-electron chi connectivity index (χ3n) is 5.85. The molecule has 0 unspecified atom stereocenters. The molecular formula is C25H29N5O2. The Labute approximate surface area is 188 Å². The van der Waals surface area contributed by atoms with E-state index in [1.54, 1.807) is 24.9 Å². The fourth-order valence-corrected chi connectivity index (χ4v) is 3.81. The Morgan fingerprint density at radius 1 is 1.06 bits per heavy atom. The molecule has 1 fully saturated rings. The first kappa shape index (κ1) is 21.6. The van der Waals surface area contributed by atoms with Crippen molar-refractivity contribution in [1.29, 1.82) is 0 Å². The minimum absolute atomic E-state index is 0.00362. The van der Waals surface area contributed by atoms with Gasteiger partial charge in [-0.1, -0.05) is 32.9 Å². The molecule has 32 heavy (non-hydrogen) atoms.